The third-order valence-corrected chi connectivity index (χ3v) is 5.30. The van der Waals surface area contributed by atoms with Crippen molar-refractivity contribution in [2.24, 2.45) is 0 Å². The highest BCUT2D eigenvalue weighted by molar-refractivity contribution is 5.41. The predicted octanol–water partition coefficient (Wildman–Crippen LogP) is 3.06. The number of aromatic nitrogens is 2. The topological polar surface area (TPSA) is 47.5 Å². The molecule has 2 atom stereocenters. The smallest absolute Gasteiger partial charge is 0.127 e. The van der Waals surface area contributed by atoms with Crippen molar-refractivity contribution in [2.45, 2.75) is 44.8 Å². The molecular weight excluding hydrogens is 302 g/mol. The number of hydrogen-bond donors (Lipinski definition) is 0. The minimum absolute atomic E-state index is 0.422. The summed E-state index contributed by atoms with van der Waals surface area (Å²) in [5, 5.41) is 0. The van der Waals surface area contributed by atoms with E-state index >= 15 is 0 Å². The molecule has 0 amide bonds. The molecule has 0 N–H and O–H groups in total. The monoisotopic (exact) mass is 325 g/mol. The van der Waals surface area contributed by atoms with Gasteiger partial charge < -0.3 is 9.47 Å². The third-order valence-electron chi connectivity index (χ3n) is 5.30. The molecule has 0 aliphatic carbocycles. The lowest BCUT2D eigenvalue weighted by Crippen LogP contribution is -2.37. The molecule has 1 fully saturated rings. The molecule has 0 saturated carbocycles. The summed E-state index contributed by atoms with van der Waals surface area (Å²) < 4.78 is 10.9. The molecule has 1 aromatic carbocycles. The van der Waals surface area contributed by atoms with Crippen molar-refractivity contribution in [3.05, 3.63) is 47.0 Å². The molecule has 0 spiro atoms. The molecule has 0 radical (unpaired) electrons. The molecule has 2 aromatic rings. The second-order valence-electron chi connectivity index (χ2n) is 6.62. The lowest BCUT2D eigenvalue weighted by Gasteiger charge is -2.35. The second-order valence-corrected chi connectivity index (χ2v) is 6.62. The highest BCUT2D eigenvalue weighted by atomic mass is 16.5. The van der Waals surface area contributed by atoms with Crippen LogP contribution in [0.25, 0.3) is 0 Å². The number of aryl methyl sites for hydroxylation is 1. The number of methoxy groups -OCH3 is 2. The number of ether oxygens (including phenoxy) is 2. The zero-order valence-corrected chi connectivity index (χ0v) is 14.5. The lowest BCUT2D eigenvalue weighted by atomic mass is 9.98. The zero-order valence-electron chi connectivity index (χ0n) is 14.5. The Morgan fingerprint density at radius 2 is 2.08 bits per heavy atom. The third kappa shape index (κ3) is 2.53. The molecule has 24 heavy (non-hydrogen) atoms. The van der Waals surface area contributed by atoms with Crippen LogP contribution in [0.5, 0.6) is 11.5 Å². The summed E-state index contributed by atoms with van der Waals surface area (Å²) in [6.07, 6.45) is 5.46. The summed E-state index contributed by atoms with van der Waals surface area (Å²) in [6, 6.07) is 7.05. The van der Waals surface area contributed by atoms with Crippen LogP contribution in [0.15, 0.2) is 24.4 Å². The maximum atomic E-state index is 5.57. The van der Waals surface area contributed by atoms with Gasteiger partial charge in [-0.25, -0.2) is 9.97 Å². The standard InChI is InChI=1S/C19H23N3O2/c1-12-20-10-16-17(21-12)8-14-5-7-18(16)22(14)11-13-4-6-15(23-2)9-19(13)24-3/h4,6,9-10,14,18H,5,7-8,11H2,1-3H3. The van der Waals surface area contributed by atoms with Gasteiger partial charge in [0.25, 0.3) is 0 Å². The highest BCUT2D eigenvalue weighted by Gasteiger charge is 2.40. The van der Waals surface area contributed by atoms with Gasteiger partial charge in [-0.15, -0.1) is 0 Å². The first kappa shape index (κ1) is 15.4. The Hall–Kier alpha value is -2.14. The molecule has 4 rings (SSSR count). The molecule has 1 saturated heterocycles. The largest absolute Gasteiger partial charge is 0.497 e. The molecule has 2 bridgehead atoms. The number of rotatable bonds is 4. The molecule has 2 aliphatic heterocycles. The van der Waals surface area contributed by atoms with Gasteiger partial charge in [-0.3, -0.25) is 4.90 Å². The molecule has 3 heterocycles. The van der Waals surface area contributed by atoms with Crippen molar-refractivity contribution in [1.82, 2.24) is 14.9 Å². The van der Waals surface area contributed by atoms with Crippen LogP contribution in [0.3, 0.4) is 0 Å². The van der Waals surface area contributed by atoms with Gasteiger partial charge >= 0.3 is 0 Å². The van der Waals surface area contributed by atoms with E-state index in [0.29, 0.717) is 12.1 Å². The van der Waals surface area contributed by atoms with E-state index in [4.69, 9.17) is 9.47 Å². The molecule has 2 unspecified atom stereocenters. The highest BCUT2D eigenvalue weighted by Crippen LogP contribution is 2.44. The fourth-order valence-corrected chi connectivity index (χ4v) is 4.10. The van der Waals surface area contributed by atoms with Gasteiger partial charge in [0.2, 0.25) is 0 Å². The van der Waals surface area contributed by atoms with Gasteiger partial charge in [0.15, 0.2) is 0 Å². The van der Waals surface area contributed by atoms with Crippen LogP contribution in [0, 0.1) is 6.92 Å². The van der Waals surface area contributed by atoms with Crippen molar-refractivity contribution < 1.29 is 9.47 Å². The Labute approximate surface area is 142 Å². The van der Waals surface area contributed by atoms with Crippen LogP contribution >= 0.6 is 0 Å². The van der Waals surface area contributed by atoms with E-state index in [1.165, 1.54) is 29.7 Å². The number of nitrogens with zero attached hydrogens (tertiary/aromatic N) is 3. The number of hydrogen-bond acceptors (Lipinski definition) is 5. The maximum Gasteiger partial charge on any atom is 0.127 e. The summed E-state index contributed by atoms with van der Waals surface area (Å²) in [5.74, 6) is 2.59. The first-order valence-electron chi connectivity index (χ1n) is 8.48. The van der Waals surface area contributed by atoms with E-state index in [0.717, 1.165) is 30.3 Å². The van der Waals surface area contributed by atoms with Gasteiger partial charge in [-0.1, -0.05) is 6.07 Å². The van der Waals surface area contributed by atoms with E-state index in [1.54, 1.807) is 14.2 Å². The first-order chi connectivity index (χ1) is 11.7. The fraction of sp³-hybridized carbons (Fsp3) is 0.474. The first-order valence-corrected chi connectivity index (χ1v) is 8.48. The Bertz CT molecular complexity index is 762. The van der Waals surface area contributed by atoms with Crippen molar-refractivity contribution in [1.29, 1.82) is 0 Å². The van der Waals surface area contributed by atoms with Crippen LogP contribution < -0.4 is 9.47 Å². The number of benzene rings is 1. The maximum absolute atomic E-state index is 5.57. The fourth-order valence-electron chi connectivity index (χ4n) is 4.10. The van der Waals surface area contributed by atoms with Gasteiger partial charge in [-0.2, -0.15) is 0 Å². The van der Waals surface area contributed by atoms with Gasteiger partial charge in [0, 0.05) is 48.4 Å². The van der Waals surface area contributed by atoms with Crippen molar-refractivity contribution in [2.75, 3.05) is 14.2 Å². The SMILES string of the molecule is COc1ccc(CN2C3CCC2c2cnc(C)nc2C3)c(OC)c1. The van der Waals surface area contributed by atoms with Crippen LogP contribution in [-0.2, 0) is 13.0 Å². The Balaban J connectivity index is 1.63. The summed E-state index contributed by atoms with van der Waals surface area (Å²) >= 11 is 0. The van der Waals surface area contributed by atoms with Gasteiger partial charge in [-0.05, 0) is 25.8 Å². The van der Waals surface area contributed by atoms with E-state index in [1.807, 2.05) is 25.3 Å². The minimum Gasteiger partial charge on any atom is -0.497 e. The van der Waals surface area contributed by atoms with E-state index in [9.17, 15) is 0 Å². The van der Waals surface area contributed by atoms with Crippen LogP contribution in [-0.4, -0.2) is 35.1 Å². The van der Waals surface area contributed by atoms with E-state index in [-0.39, 0.29) is 0 Å². The summed E-state index contributed by atoms with van der Waals surface area (Å²) in [6.45, 7) is 2.85. The molecular formula is C19H23N3O2. The molecule has 1 aromatic heterocycles. The summed E-state index contributed by atoms with van der Waals surface area (Å²) in [4.78, 5) is 11.7. The quantitative estimate of drug-likeness (QED) is 0.864. The van der Waals surface area contributed by atoms with Crippen molar-refractivity contribution in [3.63, 3.8) is 0 Å². The molecule has 5 heteroatoms. The Morgan fingerprint density at radius 1 is 1.21 bits per heavy atom. The van der Waals surface area contributed by atoms with Crippen LogP contribution in [0.2, 0.25) is 0 Å². The molecule has 2 aliphatic rings. The van der Waals surface area contributed by atoms with Crippen LogP contribution in [0.1, 0.15) is 41.5 Å². The normalized spacial score (nSPS) is 22.3. The Kier molecular flexibility index (Phi) is 3.88. The average molecular weight is 325 g/mol. The second kappa shape index (κ2) is 6.06. The molecule has 5 nitrogen and oxygen atoms in total. The molecule has 126 valence electrons. The van der Waals surface area contributed by atoms with Crippen molar-refractivity contribution >= 4 is 0 Å². The predicted molar refractivity (Wildman–Crippen MR) is 91.3 cm³/mol. The van der Waals surface area contributed by atoms with Crippen molar-refractivity contribution in [3.8, 4) is 11.5 Å². The summed E-state index contributed by atoms with van der Waals surface area (Å²) in [5.41, 5.74) is 3.75. The zero-order chi connectivity index (χ0) is 16.7. The lowest BCUT2D eigenvalue weighted by molar-refractivity contribution is 0.164. The van der Waals surface area contributed by atoms with Gasteiger partial charge in [0.05, 0.1) is 19.9 Å². The average Bonchev–Trinajstić information content (AvgIpc) is 2.87. The van der Waals surface area contributed by atoms with Gasteiger partial charge in [0.1, 0.15) is 17.3 Å². The minimum atomic E-state index is 0.422. The number of fused-ring (bicyclic) bond motifs is 4. The van der Waals surface area contributed by atoms with E-state index in [2.05, 4.69) is 20.9 Å². The summed E-state index contributed by atoms with van der Waals surface area (Å²) in [7, 11) is 3.40. The Morgan fingerprint density at radius 3 is 2.88 bits per heavy atom. The van der Waals surface area contributed by atoms with E-state index < -0.39 is 0 Å². The van der Waals surface area contributed by atoms with Crippen LogP contribution in [0.4, 0.5) is 0 Å².